The molecule has 0 radical (unpaired) electrons. The molecule has 0 saturated heterocycles. The Bertz CT molecular complexity index is 856. The van der Waals surface area contributed by atoms with Crippen molar-refractivity contribution in [2.75, 3.05) is 4.43 Å². The van der Waals surface area contributed by atoms with Crippen LogP contribution >= 0.6 is 0 Å². The van der Waals surface area contributed by atoms with Crippen molar-refractivity contribution >= 4 is 11.9 Å². The molecular formula is C28H44IN2O5-. The number of benzene rings is 1. The number of aromatic carboxylic acids is 1. The van der Waals surface area contributed by atoms with Gasteiger partial charge in [0.1, 0.15) is 11.3 Å². The van der Waals surface area contributed by atoms with E-state index < -0.39 is 18.0 Å². The first-order valence-electron chi connectivity index (χ1n) is 13.0. The van der Waals surface area contributed by atoms with Crippen LogP contribution in [0.15, 0.2) is 42.0 Å². The average molecular weight is 616 g/mol. The molecule has 0 fully saturated rings. The topological polar surface area (TPSA) is 147 Å². The zero-order valence-electron chi connectivity index (χ0n) is 21.5. The Kier molecular flexibility index (Phi) is 17.2. The van der Waals surface area contributed by atoms with Crippen molar-refractivity contribution in [2.24, 2.45) is 15.6 Å². The number of carboxylic acids is 2. The molecule has 0 spiro atoms. The molecule has 1 aromatic rings. The molecule has 0 bridgehead atoms. The number of hydrogen-bond acceptors (Lipinski definition) is 5. The fraction of sp³-hybridized carbons (Fsp3) is 0.571. The van der Waals surface area contributed by atoms with Crippen LogP contribution in [0.1, 0.15) is 93.5 Å². The number of halogens is 1. The summed E-state index contributed by atoms with van der Waals surface area (Å²) in [6.45, 7) is 2.13. The number of aliphatic carboxylic acids is 1. The monoisotopic (exact) mass is 615 g/mol. The number of aromatic hydroxyl groups is 1. The number of unbranched alkanes of at least 4 members (excludes halogenated alkanes) is 6. The summed E-state index contributed by atoms with van der Waals surface area (Å²) in [5, 5.41) is 28.7. The van der Waals surface area contributed by atoms with Crippen LogP contribution in [-0.4, -0.2) is 37.7 Å². The molecule has 8 heteroatoms. The van der Waals surface area contributed by atoms with Gasteiger partial charge in [0.2, 0.25) is 0 Å². The summed E-state index contributed by atoms with van der Waals surface area (Å²) in [7, 11) is 0. The third-order valence-corrected chi connectivity index (χ3v) is 7.71. The van der Waals surface area contributed by atoms with E-state index in [4.69, 9.17) is 9.68 Å². The average Bonchev–Trinajstić information content (AvgIpc) is 2.84. The number of alkyl halides is 1. The van der Waals surface area contributed by atoms with Gasteiger partial charge in [-0.25, -0.2) is 4.79 Å². The van der Waals surface area contributed by atoms with Crippen LogP contribution in [-0.2, 0) is 11.2 Å². The second-order valence-electron chi connectivity index (χ2n) is 9.12. The third kappa shape index (κ3) is 12.4. The maximum absolute atomic E-state index is 11.7. The Morgan fingerprint density at radius 2 is 1.75 bits per heavy atom. The zero-order valence-corrected chi connectivity index (χ0v) is 23.7. The summed E-state index contributed by atoms with van der Waals surface area (Å²) in [6, 6.07) is 3.94. The minimum atomic E-state index is -1.10. The van der Waals surface area contributed by atoms with Crippen LogP contribution in [0.5, 0.6) is 5.75 Å². The van der Waals surface area contributed by atoms with E-state index in [0.29, 0.717) is 12.0 Å². The van der Waals surface area contributed by atoms with Crippen LogP contribution in [0.3, 0.4) is 0 Å². The van der Waals surface area contributed by atoms with Gasteiger partial charge in [0.15, 0.2) is 0 Å². The first kappa shape index (κ1) is 32.1. The van der Waals surface area contributed by atoms with Crippen LogP contribution in [0.25, 0.3) is 0 Å². The first-order chi connectivity index (χ1) is 17.3. The summed E-state index contributed by atoms with van der Waals surface area (Å²) < 4.78 is 6.72. The Labute approximate surface area is 226 Å². The van der Waals surface area contributed by atoms with E-state index in [2.05, 4.69) is 25.2 Å². The number of hydrogen-bond donors (Lipinski definition) is 5. The van der Waals surface area contributed by atoms with Gasteiger partial charge in [0.05, 0.1) is 0 Å². The number of aryl methyl sites for hydroxylation is 1. The molecule has 1 aromatic carbocycles. The molecule has 7 nitrogen and oxygen atoms in total. The van der Waals surface area contributed by atoms with Gasteiger partial charge >= 0.3 is 171 Å². The van der Waals surface area contributed by atoms with E-state index in [1.807, 2.05) is 0 Å². The van der Waals surface area contributed by atoms with Gasteiger partial charge in [-0.15, -0.1) is 0 Å². The Balaban J connectivity index is 2.62. The van der Waals surface area contributed by atoms with Gasteiger partial charge in [0, 0.05) is 0 Å². The molecule has 2 atom stereocenters. The van der Waals surface area contributed by atoms with Gasteiger partial charge in [0.25, 0.3) is 0 Å². The summed E-state index contributed by atoms with van der Waals surface area (Å²) in [4.78, 5) is 23.1. The molecule has 0 aliphatic heterocycles. The summed E-state index contributed by atoms with van der Waals surface area (Å²) in [5.74, 6) is -2.41. The molecule has 0 aliphatic rings. The van der Waals surface area contributed by atoms with Crippen molar-refractivity contribution in [3.63, 3.8) is 0 Å². The van der Waals surface area contributed by atoms with Crippen LogP contribution in [0.2, 0.25) is 0 Å². The van der Waals surface area contributed by atoms with Crippen LogP contribution in [0.4, 0.5) is 0 Å². The number of carboxylic acid groups (broad SMARTS) is 2. The van der Waals surface area contributed by atoms with E-state index in [1.165, 1.54) is 6.07 Å². The predicted molar refractivity (Wildman–Crippen MR) is 141 cm³/mol. The van der Waals surface area contributed by atoms with Gasteiger partial charge in [-0.1, -0.05) is 12.1 Å². The van der Waals surface area contributed by atoms with Gasteiger partial charge in [-0.3, -0.25) is 0 Å². The van der Waals surface area contributed by atoms with Crippen molar-refractivity contribution in [3.8, 4) is 5.75 Å². The predicted octanol–water partition coefficient (Wildman–Crippen LogP) is 2.42. The fourth-order valence-electron chi connectivity index (χ4n) is 4.35. The van der Waals surface area contributed by atoms with Crippen LogP contribution < -0.4 is 31.2 Å². The first-order valence-corrected chi connectivity index (χ1v) is 15.7. The molecule has 2 unspecified atom stereocenters. The number of phenols is 1. The molecule has 36 heavy (non-hydrogen) atoms. The molecule has 0 saturated carbocycles. The number of carbonyl (C=O) groups is 2. The zero-order chi connectivity index (χ0) is 26.8. The Morgan fingerprint density at radius 3 is 2.42 bits per heavy atom. The molecule has 0 heterocycles. The molecule has 204 valence electrons. The van der Waals surface area contributed by atoms with Gasteiger partial charge in [-0.2, -0.15) is 0 Å². The number of nitrogens with two attached hydrogens (primary N) is 2. The summed E-state index contributed by atoms with van der Waals surface area (Å²) >= 11 is -0.304. The van der Waals surface area contributed by atoms with E-state index in [-0.39, 0.29) is 38.7 Å². The second kappa shape index (κ2) is 19.2. The molecule has 0 amide bonds. The summed E-state index contributed by atoms with van der Waals surface area (Å²) in [5.41, 5.74) is 7.91. The van der Waals surface area contributed by atoms with Gasteiger partial charge in [-0.05, 0) is 18.1 Å². The van der Waals surface area contributed by atoms with E-state index in [9.17, 15) is 24.9 Å². The molecule has 0 aromatic heterocycles. The Morgan fingerprint density at radius 1 is 1.03 bits per heavy atom. The SMILES string of the molecule is CCC/C=C\C/C(=C\CCCCCCCc1cccc(O)c1C(=O)O)C(CCC[I-]N)C(N)C(=O)O. The molecule has 7 N–H and O–H groups in total. The van der Waals surface area contributed by atoms with Crippen molar-refractivity contribution in [2.45, 2.75) is 90.0 Å². The summed E-state index contributed by atoms with van der Waals surface area (Å²) in [6.07, 6.45) is 17.5. The van der Waals surface area contributed by atoms with E-state index in [0.717, 1.165) is 80.6 Å². The second-order valence-corrected chi connectivity index (χ2v) is 11.1. The van der Waals surface area contributed by atoms with Crippen molar-refractivity contribution in [1.29, 1.82) is 0 Å². The van der Waals surface area contributed by atoms with E-state index in [1.54, 1.807) is 12.1 Å². The third-order valence-electron chi connectivity index (χ3n) is 6.33. The van der Waals surface area contributed by atoms with Gasteiger partial charge < -0.3 is 10.2 Å². The molecule has 0 aliphatic carbocycles. The van der Waals surface area contributed by atoms with Crippen LogP contribution in [0, 0.1) is 5.92 Å². The number of rotatable bonds is 20. The standard InChI is InChI=1S/C28H44IN2O5/c1-2-3-4-9-14-21(23(18-13-20-29-31)26(30)28(35)36)15-10-7-5-6-8-11-16-22-17-12-19-24(32)25(22)27(33)34/h4,9,12,15,17,19,23,26,32H,2-3,5-8,10-11,13-14,16,18,20,30-31H2,1H3,(H,33,34)(H,35,36)/q-1/b9-4-,21-15+. The Hall–Kier alpha value is -1.91. The fourth-order valence-corrected chi connectivity index (χ4v) is 5.23. The quantitative estimate of drug-likeness (QED) is 0.0498. The minimum absolute atomic E-state index is 0.00518. The normalized spacial score (nSPS) is 13.8. The van der Waals surface area contributed by atoms with Crippen molar-refractivity contribution in [3.05, 3.63) is 53.1 Å². The number of allylic oxidation sites excluding steroid dienone is 3. The van der Waals surface area contributed by atoms with Crippen molar-refractivity contribution in [1.82, 2.24) is 0 Å². The maximum atomic E-state index is 11.7. The molecule has 1 rings (SSSR count). The van der Waals surface area contributed by atoms with E-state index >= 15 is 0 Å². The molecular weight excluding hydrogens is 571 g/mol. The van der Waals surface area contributed by atoms with Crippen molar-refractivity contribution < 1.29 is 46.4 Å².